The number of carbonyl (C=O) groups is 1. The number of rotatable bonds is 4. The van der Waals surface area contributed by atoms with Crippen LogP contribution in [0.15, 0.2) is 24.3 Å². The first-order valence-corrected chi connectivity index (χ1v) is 4.77. The molecule has 4 nitrogen and oxygen atoms in total. The van der Waals surface area contributed by atoms with Gasteiger partial charge in [0.1, 0.15) is 6.04 Å². The van der Waals surface area contributed by atoms with E-state index in [2.05, 4.69) is 5.32 Å². The van der Waals surface area contributed by atoms with Gasteiger partial charge >= 0.3 is 5.97 Å². The fourth-order valence-corrected chi connectivity index (χ4v) is 1.17. The number of hydrogen-bond acceptors (Lipinski definition) is 3. The lowest BCUT2D eigenvalue weighted by Crippen LogP contribution is -2.25. The number of carboxylic acid groups (broad SMARTS) is 1. The van der Waals surface area contributed by atoms with E-state index in [0.29, 0.717) is 0 Å². The Labute approximate surface area is 89.5 Å². The number of nitrogens with one attached hydrogen (secondary N) is 1. The minimum atomic E-state index is -0.855. The van der Waals surface area contributed by atoms with Gasteiger partial charge in [-0.15, -0.1) is 0 Å². The van der Waals surface area contributed by atoms with Gasteiger partial charge in [-0.05, 0) is 31.2 Å². The van der Waals surface area contributed by atoms with Crippen LogP contribution in [0.4, 0.5) is 11.4 Å². The second-order valence-corrected chi connectivity index (χ2v) is 3.65. The monoisotopic (exact) mass is 208 g/mol. The molecule has 0 spiro atoms. The first kappa shape index (κ1) is 11.4. The number of nitrogens with zero attached hydrogens (tertiary/aromatic N) is 1. The SMILES string of the molecule is CC(Nc1ccc(N(C)C)cc1)C(=O)O. The highest BCUT2D eigenvalue weighted by atomic mass is 16.4. The molecule has 1 aromatic carbocycles. The van der Waals surface area contributed by atoms with Gasteiger partial charge in [0.15, 0.2) is 0 Å². The molecule has 0 heterocycles. The summed E-state index contributed by atoms with van der Waals surface area (Å²) in [4.78, 5) is 12.6. The average Bonchev–Trinajstić information content (AvgIpc) is 2.18. The second kappa shape index (κ2) is 4.68. The summed E-state index contributed by atoms with van der Waals surface area (Å²) in [5.74, 6) is -0.855. The lowest BCUT2D eigenvalue weighted by atomic mass is 10.2. The molecule has 0 aliphatic carbocycles. The van der Waals surface area contributed by atoms with E-state index in [-0.39, 0.29) is 0 Å². The molecular weight excluding hydrogens is 192 g/mol. The van der Waals surface area contributed by atoms with E-state index in [9.17, 15) is 4.79 Å². The van der Waals surface area contributed by atoms with Crippen LogP contribution in [0, 0.1) is 0 Å². The largest absolute Gasteiger partial charge is 0.480 e. The van der Waals surface area contributed by atoms with Crippen molar-refractivity contribution < 1.29 is 9.90 Å². The Morgan fingerprint density at radius 1 is 1.33 bits per heavy atom. The van der Waals surface area contributed by atoms with Gasteiger partial charge in [-0.25, -0.2) is 0 Å². The summed E-state index contributed by atoms with van der Waals surface area (Å²) >= 11 is 0. The minimum Gasteiger partial charge on any atom is -0.480 e. The molecule has 15 heavy (non-hydrogen) atoms. The van der Waals surface area contributed by atoms with Crippen molar-refractivity contribution in [1.29, 1.82) is 0 Å². The predicted molar refractivity (Wildman–Crippen MR) is 61.5 cm³/mol. The molecule has 2 N–H and O–H groups in total. The molecule has 0 fully saturated rings. The molecule has 0 radical (unpaired) electrons. The van der Waals surface area contributed by atoms with Gasteiger partial charge in [-0.2, -0.15) is 0 Å². The highest BCUT2D eigenvalue weighted by Crippen LogP contribution is 2.16. The highest BCUT2D eigenvalue weighted by Gasteiger charge is 2.09. The molecular formula is C11H16N2O2. The first-order chi connectivity index (χ1) is 7.00. The summed E-state index contributed by atoms with van der Waals surface area (Å²) in [6.45, 7) is 1.61. The van der Waals surface area contributed by atoms with E-state index < -0.39 is 12.0 Å². The van der Waals surface area contributed by atoms with E-state index in [0.717, 1.165) is 11.4 Å². The van der Waals surface area contributed by atoms with Crippen molar-refractivity contribution in [2.24, 2.45) is 0 Å². The predicted octanol–water partition coefficient (Wildman–Crippen LogP) is 1.64. The lowest BCUT2D eigenvalue weighted by molar-refractivity contribution is -0.137. The maximum absolute atomic E-state index is 10.6. The molecule has 1 aromatic rings. The van der Waals surface area contributed by atoms with E-state index >= 15 is 0 Å². The third-order valence-corrected chi connectivity index (χ3v) is 2.14. The third kappa shape index (κ3) is 3.16. The molecule has 0 aliphatic heterocycles. The second-order valence-electron chi connectivity index (χ2n) is 3.65. The van der Waals surface area contributed by atoms with Crippen molar-refractivity contribution in [3.8, 4) is 0 Å². The summed E-state index contributed by atoms with van der Waals surface area (Å²) in [7, 11) is 3.92. The van der Waals surface area contributed by atoms with Crippen LogP contribution in [0.1, 0.15) is 6.92 Å². The molecule has 0 amide bonds. The Hall–Kier alpha value is -1.71. The van der Waals surface area contributed by atoms with Crippen LogP contribution < -0.4 is 10.2 Å². The van der Waals surface area contributed by atoms with Crippen molar-refractivity contribution in [3.63, 3.8) is 0 Å². The van der Waals surface area contributed by atoms with Crippen LogP contribution in [0.2, 0.25) is 0 Å². The molecule has 4 heteroatoms. The van der Waals surface area contributed by atoms with Crippen LogP contribution >= 0.6 is 0 Å². The van der Waals surface area contributed by atoms with Crippen molar-refractivity contribution >= 4 is 17.3 Å². The zero-order valence-corrected chi connectivity index (χ0v) is 9.19. The highest BCUT2D eigenvalue weighted by molar-refractivity contribution is 5.76. The van der Waals surface area contributed by atoms with Gasteiger partial charge in [0.2, 0.25) is 0 Å². The van der Waals surface area contributed by atoms with Crippen LogP contribution in [0.5, 0.6) is 0 Å². The Kier molecular flexibility index (Phi) is 3.55. The zero-order chi connectivity index (χ0) is 11.4. The fourth-order valence-electron chi connectivity index (χ4n) is 1.17. The summed E-state index contributed by atoms with van der Waals surface area (Å²) < 4.78 is 0. The quantitative estimate of drug-likeness (QED) is 0.789. The van der Waals surface area contributed by atoms with Crippen LogP contribution in [0.3, 0.4) is 0 Å². The molecule has 0 aliphatic rings. The number of benzene rings is 1. The minimum absolute atomic E-state index is 0.574. The summed E-state index contributed by atoms with van der Waals surface area (Å²) in [5, 5.41) is 11.6. The maximum Gasteiger partial charge on any atom is 0.325 e. The van der Waals surface area contributed by atoms with Crippen molar-refractivity contribution in [2.45, 2.75) is 13.0 Å². The van der Waals surface area contributed by atoms with E-state index in [4.69, 9.17) is 5.11 Å². The lowest BCUT2D eigenvalue weighted by Gasteiger charge is -2.14. The van der Waals surface area contributed by atoms with Gasteiger partial charge in [-0.3, -0.25) is 4.79 Å². The van der Waals surface area contributed by atoms with E-state index in [1.165, 1.54) is 0 Å². The summed E-state index contributed by atoms with van der Waals surface area (Å²) in [6.07, 6.45) is 0. The first-order valence-electron chi connectivity index (χ1n) is 4.77. The Balaban J connectivity index is 2.68. The Bertz CT molecular complexity index is 333. The molecule has 1 atom stereocenters. The number of hydrogen-bond donors (Lipinski definition) is 2. The van der Waals surface area contributed by atoms with Gasteiger partial charge in [0.25, 0.3) is 0 Å². The van der Waals surface area contributed by atoms with Gasteiger partial charge in [0.05, 0.1) is 0 Å². The number of aliphatic carboxylic acids is 1. The standard InChI is InChI=1S/C11H16N2O2/c1-8(11(14)15)12-9-4-6-10(7-5-9)13(2)3/h4-8,12H,1-3H3,(H,14,15). The molecule has 1 unspecified atom stereocenters. The topological polar surface area (TPSA) is 52.6 Å². The Morgan fingerprint density at radius 3 is 2.27 bits per heavy atom. The van der Waals surface area contributed by atoms with Crippen molar-refractivity contribution in [1.82, 2.24) is 0 Å². The fraction of sp³-hybridized carbons (Fsp3) is 0.364. The third-order valence-electron chi connectivity index (χ3n) is 2.14. The average molecular weight is 208 g/mol. The zero-order valence-electron chi connectivity index (χ0n) is 9.19. The van der Waals surface area contributed by atoms with Crippen molar-refractivity contribution in [3.05, 3.63) is 24.3 Å². The van der Waals surface area contributed by atoms with Gasteiger partial charge in [-0.1, -0.05) is 0 Å². The van der Waals surface area contributed by atoms with Crippen molar-refractivity contribution in [2.75, 3.05) is 24.3 Å². The van der Waals surface area contributed by atoms with Crippen LogP contribution in [0.25, 0.3) is 0 Å². The summed E-state index contributed by atoms with van der Waals surface area (Å²) in [6, 6.07) is 7.05. The number of anilines is 2. The van der Waals surface area contributed by atoms with Gasteiger partial charge < -0.3 is 15.3 Å². The summed E-state index contributed by atoms with van der Waals surface area (Å²) in [5.41, 5.74) is 1.90. The van der Waals surface area contributed by atoms with Crippen LogP contribution in [-0.4, -0.2) is 31.2 Å². The Morgan fingerprint density at radius 2 is 1.87 bits per heavy atom. The molecule has 0 saturated heterocycles. The molecule has 82 valence electrons. The normalized spacial score (nSPS) is 11.9. The smallest absolute Gasteiger partial charge is 0.325 e. The molecule has 0 saturated carbocycles. The molecule has 1 rings (SSSR count). The van der Waals surface area contributed by atoms with E-state index in [1.54, 1.807) is 6.92 Å². The maximum atomic E-state index is 10.6. The van der Waals surface area contributed by atoms with Crippen LogP contribution in [-0.2, 0) is 4.79 Å². The molecule has 0 aromatic heterocycles. The molecule has 0 bridgehead atoms. The number of carboxylic acids is 1. The van der Waals surface area contributed by atoms with E-state index in [1.807, 2.05) is 43.3 Å². The van der Waals surface area contributed by atoms with Gasteiger partial charge in [0, 0.05) is 25.5 Å².